The van der Waals surface area contributed by atoms with Gasteiger partial charge in [-0.25, -0.2) is 4.98 Å². The van der Waals surface area contributed by atoms with Crippen LogP contribution in [-0.4, -0.2) is 22.8 Å². The van der Waals surface area contributed by atoms with Gasteiger partial charge in [0.15, 0.2) is 0 Å². The molecule has 0 aliphatic rings. The first-order valence-corrected chi connectivity index (χ1v) is 5.84. The Bertz CT molecular complexity index is 494. The first-order chi connectivity index (χ1) is 8.16. The van der Waals surface area contributed by atoms with Crippen molar-refractivity contribution in [3.05, 3.63) is 52.7 Å². The Hall–Kier alpha value is -1.62. The number of carbonyl (C=O) groups excluding carboxylic acids is 1. The lowest BCUT2D eigenvalue weighted by Gasteiger charge is -2.15. The summed E-state index contributed by atoms with van der Waals surface area (Å²) in [6.45, 7) is 0.507. The summed E-state index contributed by atoms with van der Waals surface area (Å²) in [6, 6.07) is 5.32. The summed E-state index contributed by atoms with van der Waals surface area (Å²) < 4.78 is 5.81. The smallest absolute Gasteiger partial charge is 0.272 e. The van der Waals surface area contributed by atoms with E-state index < -0.39 is 0 Å². The van der Waals surface area contributed by atoms with E-state index in [4.69, 9.17) is 4.42 Å². The minimum absolute atomic E-state index is 0.112. The van der Waals surface area contributed by atoms with Gasteiger partial charge in [-0.3, -0.25) is 4.79 Å². The summed E-state index contributed by atoms with van der Waals surface area (Å²) in [6.07, 6.45) is 4.82. The van der Waals surface area contributed by atoms with Crippen molar-refractivity contribution in [3.8, 4) is 0 Å². The Balaban J connectivity index is 2.07. The molecule has 1 amide bonds. The third-order valence-electron chi connectivity index (χ3n) is 2.29. The van der Waals surface area contributed by atoms with Gasteiger partial charge >= 0.3 is 0 Å². The number of carbonyl (C=O) groups is 1. The molecule has 2 aromatic heterocycles. The van der Waals surface area contributed by atoms with E-state index in [0.717, 1.165) is 10.0 Å². The molecule has 0 bridgehead atoms. The molecule has 0 aliphatic heterocycles. The fourth-order valence-electron chi connectivity index (χ4n) is 1.43. The molecule has 2 heterocycles. The highest BCUT2D eigenvalue weighted by Crippen LogP contribution is 2.10. The average Bonchev–Trinajstić information content (AvgIpc) is 2.82. The predicted molar refractivity (Wildman–Crippen MR) is 66.4 cm³/mol. The molecule has 17 heavy (non-hydrogen) atoms. The van der Waals surface area contributed by atoms with E-state index in [-0.39, 0.29) is 5.91 Å². The maximum absolute atomic E-state index is 12.0. The SMILES string of the molecule is CN(Cc1ccoc1)C(=O)c1ccc(Br)cn1. The molecular weight excluding hydrogens is 284 g/mol. The number of amides is 1. The van der Waals surface area contributed by atoms with Gasteiger partial charge in [-0.15, -0.1) is 0 Å². The van der Waals surface area contributed by atoms with Crippen LogP contribution >= 0.6 is 15.9 Å². The molecule has 2 rings (SSSR count). The fraction of sp³-hybridized carbons (Fsp3) is 0.167. The van der Waals surface area contributed by atoms with E-state index in [0.29, 0.717) is 12.2 Å². The van der Waals surface area contributed by atoms with E-state index >= 15 is 0 Å². The number of pyridine rings is 1. The van der Waals surface area contributed by atoms with E-state index in [9.17, 15) is 4.79 Å². The van der Waals surface area contributed by atoms with Crippen molar-refractivity contribution in [1.82, 2.24) is 9.88 Å². The number of rotatable bonds is 3. The van der Waals surface area contributed by atoms with Crippen LogP contribution in [0.3, 0.4) is 0 Å². The van der Waals surface area contributed by atoms with Crippen molar-refractivity contribution in [2.45, 2.75) is 6.54 Å². The van der Waals surface area contributed by atoms with Gasteiger partial charge in [0.05, 0.1) is 12.5 Å². The highest BCUT2D eigenvalue weighted by atomic mass is 79.9. The van der Waals surface area contributed by atoms with Gasteiger partial charge in [0, 0.05) is 29.8 Å². The molecular formula is C12H11BrN2O2. The normalized spacial score (nSPS) is 10.2. The summed E-state index contributed by atoms with van der Waals surface area (Å²) in [4.78, 5) is 17.7. The molecule has 0 unspecified atom stereocenters. The molecule has 0 aliphatic carbocycles. The van der Waals surface area contributed by atoms with Gasteiger partial charge in [-0.1, -0.05) is 0 Å². The molecule has 0 aromatic carbocycles. The topological polar surface area (TPSA) is 46.3 Å². The minimum atomic E-state index is -0.112. The van der Waals surface area contributed by atoms with Crippen LogP contribution in [-0.2, 0) is 6.54 Å². The standard InChI is InChI=1S/C12H11BrN2O2/c1-15(7-9-4-5-17-8-9)12(16)11-3-2-10(13)6-14-11/h2-6,8H,7H2,1H3. The summed E-state index contributed by atoms with van der Waals surface area (Å²) in [7, 11) is 1.74. The highest BCUT2D eigenvalue weighted by molar-refractivity contribution is 9.10. The van der Waals surface area contributed by atoms with Crippen molar-refractivity contribution in [3.63, 3.8) is 0 Å². The predicted octanol–water partition coefficient (Wildman–Crippen LogP) is 2.71. The second kappa shape index (κ2) is 5.14. The molecule has 0 atom stereocenters. The lowest BCUT2D eigenvalue weighted by Crippen LogP contribution is -2.26. The Morgan fingerprint density at radius 2 is 2.29 bits per heavy atom. The summed E-state index contributed by atoms with van der Waals surface area (Å²) in [5, 5.41) is 0. The second-order valence-electron chi connectivity index (χ2n) is 3.65. The molecule has 0 N–H and O–H groups in total. The Morgan fingerprint density at radius 3 is 2.88 bits per heavy atom. The Kier molecular flexibility index (Phi) is 3.58. The lowest BCUT2D eigenvalue weighted by atomic mass is 10.3. The first kappa shape index (κ1) is 11.9. The number of hydrogen-bond donors (Lipinski definition) is 0. The van der Waals surface area contributed by atoms with Crippen LogP contribution < -0.4 is 0 Å². The zero-order valence-corrected chi connectivity index (χ0v) is 10.8. The highest BCUT2D eigenvalue weighted by Gasteiger charge is 2.13. The van der Waals surface area contributed by atoms with Crippen molar-refractivity contribution in [2.24, 2.45) is 0 Å². The van der Waals surface area contributed by atoms with Crippen molar-refractivity contribution in [1.29, 1.82) is 0 Å². The molecule has 0 fully saturated rings. The number of halogens is 1. The number of nitrogens with zero attached hydrogens (tertiary/aromatic N) is 2. The van der Waals surface area contributed by atoms with E-state index in [1.807, 2.05) is 6.07 Å². The van der Waals surface area contributed by atoms with E-state index in [1.165, 1.54) is 0 Å². The Morgan fingerprint density at radius 1 is 1.47 bits per heavy atom. The molecule has 0 spiro atoms. The van der Waals surface area contributed by atoms with Crippen LogP contribution in [0.15, 0.2) is 45.8 Å². The Labute approximate surface area is 107 Å². The third kappa shape index (κ3) is 2.94. The van der Waals surface area contributed by atoms with Gasteiger partial charge in [0.2, 0.25) is 0 Å². The van der Waals surface area contributed by atoms with Gasteiger partial charge in [-0.05, 0) is 34.1 Å². The van der Waals surface area contributed by atoms with Gasteiger partial charge in [-0.2, -0.15) is 0 Å². The molecule has 2 aromatic rings. The van der Waals surface area contributed by atoms with E-state index in [1.54, 1.807) is 42.8 Å². The van der Waals surface area contributed by atoms with Gasteiger partial charge in [0.25, 0.3) is 5.91 Å². The quantitative estimate of drug-likeness (QED) is 0.874. The number of furan rings is 1. The van der Waals surface area contributed by atoms with Crippen LogP contribution in [0, 0.1) is 0 Å². The summed E-state index contributed by atoms with van der Waals surface area (Å²) in [5.41, 5.74) is 1.39. The number of hydrogen-bond acceptors (Lipinski definition) is 3. The maximum Gasteiger partial charge on any atom is 0.272 e. The van der Waals surface area contributed by atoms with Crippen molar-refractivity contribution >= 4 is 21.8 Å². The molecule has 0 radical (unpaired) electrons. The average molecular weight is 295 g/mol. The van der Waals surface area contributed by atoms with Crippen molar-refractivity contribution < 1.29 is 9.21 Å². The van der Waals surface area contributed by atoms with Gasteiger partial charge < -0.3 is 9.32 Å². The lowest BCUT2D eigenvalue weighted by molar-refractivity contribution is 0.0779. The largest absolute Gasteiger partial charge is 0.472 e. The zero-order chi connectivity index (χ0) is 12.3. The molecule has 5 heteroatoms. The van der Waals surface area contributed by atoms with Gasteiger partial charge in [0.1, 0.15) is 5.69 Å². The van der Waals surface area contributed by atoms with Crippen molar-refractivity contribution in [2.75, 3.05) is 7.05 Å². The number of aromatic nitrogens is 1. The minimum Gasteiger partial charge on any atom is -0.472 e. The molecule has 0 saturated carbocycles. The van der Waals surface area contributed by atoms with Crippen LogP contribution in [0.5, 0.6) is 0 Å². The summed E-state index contributed by atoms with van der Waals surface area (Å²) >= 11 is 3.28. The first-order valence-electron chi connectivity index (χ1n) is 5.05. The second-order valence-corrected chi connectivity index (χ2v) is 4.57. The van der Waals surface area contributed by atoms with Crippen LogP contribution in [0.4, 0.5) is 0 Å². The van der Waals surface area contributed by atoms with Crippen LogP contribution in [0.1, 0.15) is 16.1 Å². The zero-order valence-electron chi connectivity index (χ0n) is 9.26. The monoisotopic (exact) mass is 294 g/mol. The molecule has 4 nitrogen and oxygen atoms in total. The van der Waals surface area contributed by atoms with Crippen LogP contribution in [0.2, 0.25) is 0 Å². The molecule has 88 valence electrons. The van der Waals surface area contributed by atoms with Crippen LogP contribution in [0.25, 0.3) is 0 Å². The van der Waals surface area contributed by atoms with E-state index in [2.05, 4.69) is 20.9 Å². The summed E-state index contributed by atoms with van der Waals surface area (Å²) in [5.74, 6) is -0.112. The maximum atomic E-state index is 12.0. The molecule has 0 saturated heterocycles. The fourth-order valence-corrected chi connectivity index (χ4v) is 1.66. The third-order valence-corrected chi connectivity index (χ3v) is 2.76.